The number of para-hydroxylation sites is 1. The molecule has 4 N–H and O–H groups in total. The molecule has 37 heavy (non-hydrogen) atoms. The van der Waals surface area contributed by atoms with Crippen LogP contribution in [0.4, 0.5) is 0 Å². The van der Waals surface area contributed by atoms with Gasteiger partial charge in [-0.3, -0.25) is 14.4 Å². The van der Waals surface area contributed by atoms with Gasteiger partial charge >= 0.3 is 5.97 Å². The molecule has 2 heterocycles. The average molecular weight is 489 g/mol. The van der Waals surface area contributed by atoms with E-state index in [1.54, 1.807) is 54.6 Å². The van der Waals surface area contributed by atoms with Crippen LogP contribution in [0.2, 0.25) is 0 Å². The predicted octanol–water partition coefficient (Wildman–Crippen LogP) is 4.30. The second kappa shape index (κ2) is 8.46. The van der Waals surface area contributed by atoms with Crippen LogP contribution in [0.3, 0.4) is 0 Å². The number of hydrogen-bond donors (Lipinski definition) is 4. The Morgan fingerprint density at radius 2 is 1.30 bits per heavy atom. The zero-order chi connectivity index (χ0) is 25.7. The van der Waals surface area contributed by atoms with Crippen LogP contribution < -0.4 is 16.2 Å². The number of fused-ring (bicyclic) bond motifs is 4. The highest BCUT2D eigenvalue weighted by atomic mass is 16.4. The van der Waals surface area contributed by atoms with Crippen LogP contribution in [-0.4, -0.2) is 27.0 Å². The summed E-state index contributed by atoms with van der Waals surface area (Å²) in [5, 5.41) is 14.0. The van der Waals surface area contributed by atoms with Gasteiger partial charge < -0.3 is 20.4 Å². The van der Waals surface area contributed by atoms with E-state index in [9.17, 15) is 24.3 Å². The summed E-state index contributed by atoms with van der Waals surface area (Å²) in [4.78, 5) is 57.5. The van der Waals surface area contributed by atoms with Gasteiger partial charge in [-0.15, -0.1) is 0 Å². The number of rotatable bonds is 4. The van der Waals surface area contributed by atoms with Crippen LogP contribution in [0, 0.1) is 0 Å². The first kappa shape index (κ1) is 22.2. The van der Waals surface area contributed by atoms with Crippen LogP contribution in [0.1, 0.15) is 26.3 Å². The highest BCUT2D eigenvalue weighted by Crippen LogP contribution is 2.23. The maximum absolute atomic E-state index is 13.7. The number of carboxylic acids is 1. The topological polar surface area (TPSA) is 132 Å². The van der Waals surface area contributed by atoms with E-state index in [-0.39, 0.29) is 28.5 Å². The molecule has 0 aliphatic rings. The van der Waals surface area contributed by atoms with Crippen molar-refractivity contribution in [1.82, 2.24) is 15.3 Å². The van der Waals surface area contributed by atoms with Crippen molar-refractivity contribution in [2.45, 2.75) is 6.54 Å². The van der Waals surface area contributed by atoms with Gasteiger partial charge in [-0.2, -0.15) is 0 Å². The second-order valence-electron chi connectivity index (χ2n) is 8.77. The zero-order valence-corrected chi connectivity index (χ0v) is 19.3. The molecule has 0 unspecified atom stereocenters. The molecule has 0 fully saturated rings. The van der Waals surface area contributed by atoms with Crippen LogP contribution in [0.25, 0.3) is 43.6 Å². The smallest absolute Gasteiger partial charge is 0.336 e. The number of benzene rings is 4. The van der Waals surface area contributed by atoms with E-state index in [1.807, 2.05) is 12.1 Å². The number of amides is 1. The summed E-state index contributed by atoms with van der Waals surface area (Å²) < 4.78 is 0. The molecule has 0 atom stereocenters. The lowest BCUT2D eigenvalue weighted by molar-refractivity contribution is 0.0691. The van der Waals surface area contributed by atoms with E-state index in [0.29, 0.717) is 49.2 Å². The van der Waals surface area contributed by atoms with Crippen molar-refractivity contribution in [3.05, 3.63) is 116 Å². The molecular formula is C29H19N3O5. The molecule has 0 radical (unpaired) electrons. The monoisotopic (exact) mass is 489 g/mol. The lowest BCUT2D eigenvalue weighted by atomic mass is 10.0. The molecule has 8 heteroatoms. The summed E-state index contributed by atoms with van der Waals surface area (Å²) >= 11 is 0. The lowest BCUT2D eigenvalue weighted by Crippen LogP contribution is -2.25. The summed E-state index contributed by atoms with van der Waals surface area (Å²) in [6.45, 7) is 0.0216. The number of carbonyl (C=O) groups is 2. The number of hydrogen-bond acceptors (Lipinski definition) is 4. The van der Waals surface area contributed by atoms with Gasteiger partial charge in [0.15, 0.2) is 10.9 Å². The van der Waals surface area contributed by atoms with Crippen molar-refractivity contribution < 1.29 is 14.7 Å². The quantitative estimate of drug-likeness (QED) is 0.274. The molecule has 2 aromatic heterocycles. The van der Waals surface area contributed by atoms with Gasteiger partial charge in [0, 0.05) is 28.2 Å². The first-order valence-electron chi connectivity index (χ1n) is 11.6. The van der Waals surface area contributed by atoms with Crippen molar-refractivity contribution in [3.8, 4) is 0 Å². The van der Waals surface area contributed by atoms with E-state index in [2.05, 4.69) is 15.3 Å². The van der Waals surface area contributed by atoms with Crippen LogP contribution in [-0.2, 0) is 6.54 Å². The maximum Gasteiger partial charge on any atom is 0.336 e. The highest BCUT2D eigenvalue weighted by molar-refractivity contribution is 6.05. The lowest BCUT2D eigenvalue weighted by Gasteiger charge is -2.11. The summed E-state index contributed by atoms with van der Waals surface area (Å²) in [6.07, 6.45) is 0. The van der Waals surface area contributed by atoms with E-state index in [4.69, 9.17) is 0 Å². The molecule has 4 aromatic carbocycles. The Bertz CT molecular complexity index is 2040. The Kier molecular flexibility index (Phi) is 5.08. The van der Waals surface area contributed by atoms with E-state index < -0.39 is 11.9 Å². The third kappa shape index (κ3) is 3.63. The Morgan fingerprint density at radius 3 is 2.05 bits per heavy atom. The highest BCUT2D eigenvalue weighted by Gasteiger charge is 2.17. The molecule has 0 aliphatic carbocycles. The third-order valence-electron chi connectivity index (χ3n) is 6.58. The number of carbonyl (C=O) groups excluding carboxylic acids is 1. The normalized spacial score (nSPS) is 11.4. The molecule has 6 rings (SSSR count). The van der Waals surface area contributed by atoms with Crippen LogP contribution in [0.15, 0.2) is 88.5 Å². The van der Waals surface area contributed by atoms with Crippen LogP contribution in [0.5, 0.6) is 0 Å². The molecule has 0 saturated carbocycles. The minimum atomic E-state index is -1.20. The van der Waals surface area contributed by atoms with Gasteiger partial charge in [-0.05, 0) is 48.0 Å². The Morgan fingerprint density at radius 1 is 0.676 bits per heavy atom. The van der Waals surface area contributed by atoms with Crippen molar-refractivity contribution in [2.24, 2.45) is 0 Å². The van der Waals surface area contributed by atoms with Gasteiger partial charge in [0.2, 0.25) is 0 Å². The van der Waals surface area contributed by atoms with E-state index in [0.717, 1.165) is 0 Å². The molecule has 0 spiro atoms. The zero-order valence-electron chi connectivity index (χ0n) is 19.3. The number of aromatic amines is 2. The standard InChI is InChI=1S/C29H19N3O5/c33-26-18-9-3-4-10-21(18)31-23-13-20-24(12-19(23)26)32-22-11-5-6-15(25(22)27(20)34)14-30-28(35)16-7-1-2-8-17(16)29(36)37/h1-13H,14H2,(H,30,35)(H,31,33)(H,32,34)(H,36,37). The van der Waals surface area contributed by atoms with E-state index in [1.165, 1.54) is 12.1 Å². The molecule has 180 valence electrons. The number of H-pyrrole nitrogens is 2. The SMILES string of the molecule is O=C(O)c1ccccc1C(=O)NCc1cccc2[nH]c3cc4c(=O)c5ccccc5[nH]c4cc3c(=O)c12. The number of nitrogens with one attached hydrogen (secondary N) is 3. The molecule has 0 bridgehead atoms. The first-order valence-corrected chi connectivity index (χ1v) is 11.6. The second-order valence-corrected chi connectivity index (χ2v) is 8.77. The molecule has 6 aromatic rings. The van der Waals surface area contributed by atoms with Gasteiger partial charge in [0.1, 0.15) is 0 Å². The van der Waals surface area contributed by atoms with Crippen molar-refractivity contribution in [1.29, 1.82) is 0 Å². The maximum atomic E-state index is 13.7. The molecule has 0 saturated heterocycles. The molecule has 8 nitrogen and oxygen atoms in total. The minimum absolute atomic E-state index is 0.0216. The van der Waals surface area contributed by atoms with Crippen LogP contribution >= 0.6 is 0 Å². The van der Waals surface area contributed by atoms with Gasteiger partial charge in [0.05, 0.1) is 33.1 Å². The fourth-order valence-corrected chi connectivity index (χ4v) is 4.80. The third-order valence-corrected chi connectivity index (χ3v) is 6.58. The molecule has 1 amide bonds. The van der Waals surface area contributed by atoms with Gasteiger partial charge in [0.25, 0.3) is 5.91 Å². The summed E-state index contributed by atoms with van der Waals surface area (Å²) in [6, 6.07) is 21.8. The Labute approximate surface area is 208 Å². The number of aromatic nitrogens is 2. The Hall–Kier alpha value is -5.24. The minimum Gasteiger partial charge on any atom is -0.478 e. The van der Waals surface area contributed by atoms with Gasteiger partial charge in [-0.1, -0.05) is 36.4 Å². The van der Waals surface area contributed by atoms with E-state index >= 15 is 0 Å². The fourth-order valence-electron chi connectivity index (χ4n) is 4.80. The first-order chi connectivity index (χ1) is 17.9. The molecule has 0 aliphatic heterocycles. The average Bonchev–Trinajstić information content (AvgIpc) is 2.91. The van der Waals surface area contributed by atoms with Crippen molar-refractivity contribution >= 4 is 55.5 Å². The molecular weight excluding hydrogens is 470 g/mol. The number of carboxylic acid groups (broad SMARTS) is 1. The summed E-state index contributed by atoms with van der Waals surface area (Å²) in [5.74, 6) is -1.75. The van der Waals surface area contributed by atoms with Crippen molar-refractivity contribution in [2.75, 3.05) is 0 Å². The summed E-state index contributed by atoms with van der Waals surface area (Å²) in [5.41, 5.74) is 2.48. The number of aromatic carboxylic acids is 1. The predicted molar refractivity (Wildman–Crippen MR) is 142 cm³/mol. The largest absolute Gasteiger partial charge is 0.478 e. The fraction of sp³-hybridized carbons (Fsp3) is 0.0345. The Balaban J connectivity index is 1.47. The van der Waals surface area contributed by atoms with Crippen molar-refractivity contribution in [3.63, 3.8) is 0 Å². The number of pyridine rings is 2. The van der Waals surface area contributed by atoms with Gasteiger partial charge in [-0.25, -0.2) is 4.79 Å². The summed E-state index contributed by atoms with van der Waals surface area (Å²) in [7, 11) is 0.